The standard InChI is InChI=1S/C9H11Cl3N2O2S/c10-6-4-7(11)9(8(12)5-6)17(15,16)14-3-1-2-13/h4-5,14H,1-3,13H2. The molecule has 3 N–H and O–H groups in total. The first-order valence-electron chi connectivity index (χ1n) is 4.73. The molecule has 17 heavy (non-hydrogen) atoms. The number of rotatable bonds is 5. The highest BCUT2D eigenvalue weighted by atomic mass is 35.5. The maximum absolute atomic E-state index is 11.9. The molecule has 0 aliphatic carbocycles. The van der Waals surface area contributed by atoms with Crippen molar-refractivity contribution in [3.8, 4) is 0 Å². The summed E-state index contributed by atoms with van der Waals surface area (Å²) in [6.45, 7) is 0.624. The minimum atomic E-state index is -3.74. The fourth-order valence-electron chi connectivity index (χ4n) is 1.17. The maximum Gasteiger partial charge on any atom is 0.243 e. The van der Waals surface area contributed by atoms with Crippen LogP contribution in [0.15, 0.2) is 17.0 Å². The third-order valence-corrected chi connectivity index (χ3v) is 4.50. The Bertz CT molecular complexity index is 482. The summed E-state index contributed by atoms with van der Waals surface area (Å²) in [5.41, 5.74) is 5.27. The molecule has 0 unspecified atom stereocenters. The van der Waals surface area contributed by atoms with Gasteiger partial charge in [0.05, 0.1) is 10.0 Å². The highest BCUT2D eigenvalue weighted by Gasteiger charge is 2.21. The molecule has 0 spiro atoms. The molecule has 0 radical (unpaired) electrons. The van der Waals surface area contributed by atoms with E-state index in [1.807, 2.05) is 0 Å². The Hall–Kier alpha value is -0.0400. The van der Waals surface area contributed by atoms with Crippen molar-refractivity contribution < 1.29 is 8.42 Å². The van der Waals surface area contributed by atoms with Gasteiger partial charge in [0.1, 0.15) is 4.90 Å². The fourth-order valence-corrected chi connectivity index (χ4v) is 3.78. The smallest absolute Gasteiger partial charge is 0.243 e. The minimum Gasteiger partial charge on any atom is -0.330 e. The second-order valence-electron chi connectivity index (χ2n) is 3.24. The van der Waals surface area contributed by atoms with Crippen LogP contribution in [-0.4, -0.2) is 21.5 Å². The summed E-state index contributed by atoms with van der Waals surface area (Å²) in [5.74, 6) is 0. The van der Waals surface area contributed by atoms with Crippen molar-refractivity contribution in [1.82, 2.24) is 4.72 Å². The monoisotopic (exact) mass is 316 g/mol. The molecule has 1 rings (SSSR count). The van der Waals surface area contributed by atoms with E-state index < -0.39 is 10.0 Å². The van der Waals surface area contributed by atoms with E-state index in [0.717, 1.165) is 0 Å². The molecule has 0 saturated carbocycles. The number of hydrogen-bond donors (Lipinski definition) is 2. The lowest BCUT2D eigenvalue weighted by atomic mass is 10.4. The average Bonchev–Trinajstić information content (AvgIpc) is 2.15. The summed E-state index contributed by atoms with van der Waals surface area (Å²) in [4.78, 5) is -0.165. The lowest BCUT2D eigenvalue weighted by molar-refractivity contribution is 0.579. The van der Waals surface area contributed by atoms with Gasteiger partial charge >= 0.3 is 0 Å². The Labute approximate surface area is 115 Å². The zero-order chi connectivity index (χ0) is 13.1. The molecule has 1 aromatic rings. The van der Waals surface area contributed by atoms with Gasteiger partial charge in [-0.15, -0.1) is 0 Å². The molecule has 0 aliphatic rings. The summed E-state index contributed by atoms with van der Waals surface area (Å²) in [6.07, 6.45) is 0.530. The lowest BCUT2D eigenvalue weighted by Gasteiger charge is -2.10. The molecule has 0 aromatic heterocycles. The van der Waals surface area contributed by atoms with Crippen LogP contribution in [-0.2, 0) is 10.0 Å². The number of hydrogen-bond acceptors (Lipinski definition) is 3. The van der Waals surface area contributed by atoms with E-state index in [1.165, 1.54) is 12.1 Å². The summed E-state index contributed by atoms with van der Waals surface area (Å²) in [5, 5.41) is 0.256. The quantitative estimate of drug-likeness (QED) is 0.818. The van der Waals surface area contributed by atoms with Gasteiger partial charge in [0.2, 0.25) is 10.0 Å². The number of halogens is 3. The van der Waals surface area contributed by atoms with Crippen LogP contribution in [0.3, 0.4) is 0 Å². The first-order chi connectivity index (χ1) is 7.88. The van der Waals surface area contributed by atoms with Crippen LogP contribution in [0.2, 0.25) is 15.1 Å². The molecule has 96 valence electrons. The van der Waals surface area contributed by atoms with E-state index in [4.69, 9.17) is 40.5 Å². The van der Waals surface area contributed by atoms with Crippen molar-refractivity contribution in [2.24, 2.45) is 5.73 Å². The molecule has 0 saturated heterocycles. The van der Waals surface area contributed by atoms with Crippen molar-refractivity contribution in [1.29, 1.82) is 0 Å². The molecular formula is C9H11Cl3N2O2S. The van der Waals surface area contributed by atoms with Crippen molar-refractivity contribution in [2.75, 3.05) is 13.1 Å². The van der Waals surface area contributed by atoms with E-state index in [1.54, 1.807) is 0 Å². The molecule has 8 heteroatoms. The van der Waals surface area contributed by atoms with Crippen molar-refractivity contribution in [2.45, 2.75) is 11.3 Å². The Morgan fingerprint density at radius 1 is 1.18 bits per heavy atom. The van der Waals surface area contributed by atoms with Crippen LogP contribution in [0.25, 0.3) is 0 Å². The van der Waals surface area contributed by atoms with Gasteiger partial charge < -0.3 is 5.73 Å². The van der Waals surface area contributed by atoms with Gasteiger partial charge in [-0.2, -0.15) is 0 Å². The molecule has 0 atom stereocenters. The van der Waals surface area contributed by atoms with E-state index in [2.05, 4.69) is 4.72 Å². The van der Waals surface area contributed by atoms with Gasteiger partial charge in [-0.3, -0.25) is 0 Å². The minimum absolute atomic E-state index is 0.0113. The van der Waals surface area contributed by atoms with Crippen LogP contribution in [0, 0.1) is 0 Å². The third kappa shape index (κ3) is 3.98. The highest BCUT2D eigenvalue weighted by Crippen LogP contribution is 2.32. The molecular weight excluding hydrogens is 307 g/mol. The Morgan fingerprint density at radius 2 is 1.71 bits per heavy atom. The second kappa shape index (κ2) is 6.22. The Kier molecular flexibility index (Phi) is 5.50. The van der Waals surface area contributed by atoms with E-state index in [9.17, 15) is 8.42 Å². The molecule has 0 heterocycles. The fraction of sp³-hybridized carbons (Fsp3) is 0.333. The second-order valence-corrected chi connectivity index (χ2v) is 6.19. The van der Waals surface area contributed by atoms with Crippen LogP contribution in [0.1, 0.15) is 6.42 Å². The van der Waals surface area contributed by atoms with Crippen molar-refractivity contribution >= 4 is 44.8 Å². The van der Waals surface area contributed by atoms with Crippen molar-refractivity contribution in [3.05, 3.63) is 27.2 Å². The molecule has 1 aromatic carbocycles. The van der Waals surface area contributed by atoms with Gasteiger partial charge in [-0.05, 0) is 25.1 Å². The van der Waals surface area contributed by atoms with Crippen LogP contribution < -0.4 is 10.5 Å². The van der Waals surface area contributed by atoms with Gasteiger partial charge in [0.25, 0.3) is 0 Å². The normalized spacial score (nSPS) is 11.8. The number of sulfonamides is 1. The van der Waals surface area contributed by atoms with E-state index in [-0.39, 0.29) is 26.5 Å². The predicted molar refractivity (Wildman–Crippen MR) is 70.3 cm³/mol. The van der Waals surface area contributed by atoms with Gasteiger partial charge in [-0.1, -0.05) is 34.8 Å². The first kappa shape index (κ1) is 15.0. The van der Waals surface area contributed by atoms with E-state index in [0.29, 0.717) is 13.0 Å². The summed E-state index contributed by atoms with van der Waals surface area (Å²) in [7, 11) is -3.74. The molecule has 4 nitrogen and oxygen atoms in total. The van der Waals surface area contributed by atoms with E-state index >= 15 is 0 Å². The number of benzene rings is 1. The summed E-state index contributed by atoms with van der Waals surface area (Å²) in [6, 6.07) is 2.65. The molecule has 0 fully saturated rings. The SMILES string of the molecule is NCCCNS(=O)(=O)c1c(Cl)cc(Cl)cc1Cl. The Balaban J connectivity index is 3.07. The third-order valence-electron chi connectivity index (χ3n) is 1.90. The Morgan fingerprint density at radius 3 is 2.18 bits per heavy atom. The zero-order valence-corrected chi connectivity index (χ0v) is 11.8. The number of nitrogens with one attached hydrogen (secondary N) is 1. The van der Waals surface area contributed by atoms with Gasteiger partial charge in [0.15, 0.2) is 0 Å². The summed E-state index contributed by atoms with van der Waals surface area (Å²) >= 11 is 17.3. The largest absolute Gasteiger partial charge is 0.330 e. The molecule has 0 aliphatic heterocycles. The number of nitrogens with two attached hydrogens (primary N) is 1. The highest BCUT2D eigenvalue weighted by molar-refractivity contribution is 7.89. The van der Waals surface area contributed by atoms with Crippen LogP contribution >= 0.6 is 34.8 Å². The first-order valence-corrected chi connectivity index (χ1v) is 7.34. The molecule has 0 amide bonds. The van der Waals surface area contributed by atoms with Gasteiger partial charge in [-0.25, -0.2) is 13.1 Å². The lowest BCUT2D eigenvalue weighted by Crippen LogP contribution is -2.26. The zero-order valence-electron chi connectivity index (χ0n) is 8.71. The van der Waals surface area contributed by atoms with Crippen LogP contribution in [0.4, 0.5) is 0 Å². The average molecular weight is 318 g/mol. The van der Waals surface area contributed by atoms with Crippen LogP contribution in [0.5, 0.6) is 0 Å². The van der Waals surface area contributed by atoms with Gasteiger partial charge in [0, 0.05) is 11.6 Å². The molecule has 0 bridgehead atoms. The maximum atomic E-state index is 11.9. The summed E-state index contributed by atoms with van der Waals surface area (Å²) < 4.78 is 26.1. The predicted octanol–water partition coefficient (Wildman–Crippen LogP) is 2.27. The topological polar surface area (TPSA) is 72.2 Å². The van der Waals surface area contributed by atoms with Crippen molar-refractivity contribution in [3.63, 3.8) is 0 Å².